The number of anilines is 2. The fourth-order valence-electron chi connectivity index (χ4n) is 3.21. The fourth-order valence-corrected chi connectivity index (χ4v) is 3.34. The maximum Gasteiger partial charge on any atom is 0.223 e. The monoisotopic (exact) mass is 417 g/mol. The number of nitrogens with zero attached hydrogens (tertiary/aromatic N) is 6. The molecule has 9 heteroatoms. The summed E-state index contributed by atoms with van der Waals surface area (Å²) in [6.07, 6.45) is 4.81. The smallest absolute Gasteiger partial charge is 0.223 e. The van der Waals surface area contributed by atoms with Gasteiger partial charge in [0.2, 0.25) is 5.28 Å². The predicted molar refractivity (Wildman–Crippen MR) is 115 cm³/mol. The van der Waals surface area contributed by atoms with E-state index in [1.165, 1.54) is 6.33 Å². The highest BCUT2D eigenvalue weighted by Crippen LogP contribution is 2.30. The zero-order valence-corrected chi connectivity index (χ0v) is 16.9. The second-order valence-electron chi connectivity index (χ2n) is 6.81. The molecule has 2 aromatic carbocycles. The molecule has 5 aromatic rings. The molecular formula is C21H16ClN7O. The van der Waals surface area contributed by atoms with Gasteiger partial charge in [-0.05, 0) is 54.4 Å². The molecule has 0 bridgehead atoms. The molecule has 3 heterocycles. The first-order chi connectivity index (χ1) is 14.6. The molecule has 3 aromatic heterocycles. The van der Waals surface area contributed by atoms with Crippen molar-refractivity contribution in [1.29, 1.82) is 0 Å². The van der Waals surface area contributed by atoms with Crippen molar-refractivity contribution < 1.29 is 4.74 Å². The highest BCUT2D eigenvalue weighted by Gasteiger charge is 2.10. The Labute approximate surface area is 176 Å². The second-order valence-corrected chi connectivity index (χ2v) is 7.15. The van der Waals surface area contributed by atoms with Crippen molar-refractivity contribution in [2.75, 3.05) is 5.32 Å². The zero-order chi connectivity index (χ0) is 20.7. The van der Waals surface area contributed by atoms with Crippen LogP contribution < -0.4 is 10.1 Å². The Kier molecular flexibility index (Phi) is 4.40. The molecule has 0 atom stereocenters. The third-order valence-corrected chi connectivity index (χ3v) is 4.89. The van der Waals surface area contributed by atoms with Crippen molar-refractivity contribution in [2.24, 2.45) is 7.05 Å². The van der Waals surface area contributed by atoms with Crippen LogP contribution in [0.15, 0.2) is 55.2 Å². The van der Waals surface area contributed by atoms with E-state index >= 15 is 0 Å². The number of benzene rings is 2. The van der Waals surface area contributed by atoms with Crippen molar-refractivity contribution in [3.63, 3.8) is 0 Å². The number of hydrogen-bond donors (Lipinski definition) is 1. The van der Waals surface area contributed by atoms with E-state index in [-0.39, 0.29) is 5.28 Å². The molecule has 30 heavy (non-hydrogen) atoms. The van der Waals surface area contributed by atoms with E-state index in [0.29, 0.717) is 16.9 Å². The average Bonchev–Trinajstić information content (AvgIpc) is 3.11. The van der Waals surface area contributed by atoms with Crippen LogP contribution in [0, 0.1) is 6.92 Å². The summed E-state index contributed by atoms with van der Waals surface area (Å²) in [4.78, 5) is 21.0. The van der Waals surface area contributed by atoms with Crippen LogP contribution in [0.4, 0.5) is 11.5 Å². The molecule has 1 N–H and O–H groups in total. The molecule has 0 aliphatic rings. The molecule has 0 radical (unpaired) electrons. The summed E-state index contributed by atoms with van der Waals surface area (Å²) < 4.78 is 8.05. The van der Waals surface area contributed by atoms with Gasteiger partial charge < -0.3 is 14.6 Å². The maximum absolute atomic E-state index is 6.08. The largest absolute Gasteiger partial charge is 0.457 e. The van der Waals surface area contributed by atoms with Gasteiger partial charge in [0.1, 0.15) is 28.9 Å². The second kappa shape index (κ2) is 7.23. The molecule has 5 rings (SSSR count). The molecule has 0 saturated heterocycles. The first-order valence-corrected chi connectivity index (χ1v) is 9.54. The van der Waals surface area contributed by atoms with Gasteiger partial charge in [-0.1, -0.05) is 0 Å². The van der Waals surface area contributed by atoms with Gasteiger partial charge in [0.05, 0.1) is 23.6 Å². The Morgan fingerprint density at radius 1 is 1.00 bits per heavy atom. The first kappa shape index (κ1) is 18.3. The number of ether oxygens (including phenoxy) is 1. The number of nitrogens with one attached hydrogen (secondary N) is 1. The quantitative estimate of drug-likeness (QED) is 0.420. The van der Waals surface area contributed by atoms with E-state index in [1.54, 1.807) is 12.5 Å². The minimum Gasteiger partial charge on any atom is -0.457 e. The molecule has 0 spiro atoms. The first-order valence-electron chi connectivity index (χ1n) is 9.17. The van der Waals surface area contributed by atoms with E-state index < -0.39 is 0 Å². The molecule has 0 saturated carbocycles. The summed E-state index contributed by atoms with van der Waals surface area (Å²) >= 11 is 5.93. The van der Waals surface area contributed by atoms with E-state index in [2.05, 4.69) is 30.2 Å². The number of imidazole rings is 1. The van der Waals surface area contributed by atoms with Gasteiger partial charge >= 0.3 is 0 Å². The number of fused-ring (bicyclic) bond motifs is 2. The number of aryl methyl sites for hydroxylation is 2. The highest BCUT2D eigenvalue weighted by molar-refractivity contribution is 6.28. The Morgan fingerprint density at radius 2 is 1.90 bits per heavy atom. The van der Waals surface area contributed by atoms with Crippen LogP contribution in [0.2, 0.25) is 5.28 Å². The number of halogens is 1. The highest BCUT2D eigenvalue weighted by atomic mass is 35.5. The molecule has 8 nitrogen and oxygen atoms in total. The minimum atomic E-state index is 0.144. The fraction of sp³-hybridized carbons (Fsp3) is 0.0952. The Morgan fingerprint density at radius 3 is 2.77 bits per heavy atom. The lowest BCUT2D eigenvalue weighted by molar-refractivity contribution is 0.479. The van der Waals surface area contributed by atoms with Gasteiger partial charge in [0.15, 0.2) is 5.82 Å². The van der Waals surface area contributed by atoms with E-state index in [9.17, 15) is 0 Å². The molecule has 0 unspecified atom stereocenters. The zero-order valence-electron chi connectivity index (χ0n) is 16.2. The summed E-state index contributed by atoms with van der Waals surface area (Å²) in [5, 5.41) is 3.41. The van der Waals surface area contributed by atoms with Crippen LogP contribution in [-0.2, 0) is 7.05 Å². The summed E-state index contributed by atoms with van der Waals surface area (Å²) in [6.45, 7) is 1.98. The molecular weight excluding hydrogens is 402 g/mol. The molecule has 0 amide bonds. The minimum absolute atomic E-state index is 0.144. The van der Waals surface area contributed by atoms with Gasteiger partial charge in [0, 0.05) is 18.8 Å². The number of rotatable bonds is 4. The molecule has 148 valence electrons. The molecule has 0 aliphatic heterocycles. The number of aromatic nitrogens is 6. The van der Waals surface area contributed by atoms with Crippen LogP contribution in [0.3, 0.4) is 0 Å². The SMILES string of the molecule is Cc1cc(Nc2ncnc3cnc(Cl)nc23)ccc1Oc1ccc2c(c1)ncn2C. The van der Waals surface area contributed by atoms with Crippen molar-refractivity contribution >= 4 is 45.2 Å². The van der Waals surface area contributed by atoms with E-state index in [1.807, 2.05) is 54.9 Å². The third kappa shape index (κ3) is 3.37. The van der Waals surface area contributed by atoms with Gasteiger partial charge in [-0.2, -0.15) is 0 Å². The van der Waals surface area contributed by atoms with Crippen molar-refractivity contribution in [3.8, 4) is 11.5 Å². The van der Waals surface area contributed by atoms with Crippen LogP contribution in [0.5, 0.6) is 11.5 Å². The lowest BCUT2D eigenvalue weighted by atomic mass is 10.2. The topological polar surface area (TPSA) is 90.6 Å². The standard InChI is InChI=1S/C21H16ClN7O/c1-12-7-13(27-20-19-16(24-10-25-20)9-23-21(22)28-19)3-6-18(12)30-14-4-5-17-15(8-14)26-11-29(17)2/h3-11H,1-2H3,(H,24,25,27). The molecule has 0 fully saturated rings. The Balaban J connectivity index is 1.41. The van der Waals surface area contributed by atoms with Gasteiger partial charge in [0.25, 0.3) is 0 Å². The Bertz CT molecular complexity index is 1400. The number of hydrogen-bond acceptors (Lipinski definition) is 7. The van der Waals surface area contributed by atoms with E-state index in [0.717, 1.165) is 33.8 Å². The lowest BCUT2D eigenvalue weighted by Gasteiger charge is -2.12. The summed E-state index contributed by atoms with van der Waals surface area (Å²) in [5.41, 5.74) is 4.92. The van der Waals surface area contributed by atoms with Crippen molar-refractivity contribution in [2.45, 2.75) is 6.92 Å². The van der Waals surface area contributed by atoms with Crippen molar-refractivity contribution in [3.05, 3.63) is 66.1 Å². The van der Waals surface area contributed by atoms with E-state index in [4.69, 9.17) is 16.3 Å². The van der Waals surface area contributed by atoms with Crippen LogP contribution >= 0.6 is 11.6 Å². The Hall–Kier alpha value is -3.78. The van der Waals surface area contributed by atoms with Crippen LogP contribution in [0.1, 0.15) is 5.56 Å². The van der Waals surface area contributed by atoms with Crippen molar-refractivity contribution in [1.82, 2.24) is 29.5 Å². The summed E-state index contributed by atoms with van der Waals surface area (Å²) in [7, 11) is 1.96. The molecule has 0 aliphatic carbocycles. The lowest BCUT2D eigenvalue weighted by Crippen LogP contribution is -1.99. The van der Waals surface area contributed by atoms with Crippen LogP contribution in [0.25, 0.3) is 22.1 Å². The third-order valence-electron chi connectivity index (χ3n) is 4.71. The average molecular weight is 418 g/mol. The summed E-state index contributed by atoms with van der Waals surface area (Å²) in [6, 6.07) is 11.7. The van der Waals surface area contributed by atoms with Gasteiger partial charge in [-0.3, -0.25) is 0 Å². The predicted octanol–water partition coefficient (Wildman–Crippen LogP) is 4.80. The van der Waals surface area contributed by atoms with Gasteiger partial charge in [-0.25, -0.2) is 24.9 Å². The van der Waals surface area contributed by atoms with Crippen LogP contribution in [-0.4, -0.2) is 29.5 Å². The maximum atomic E-state index is 6.08. The summed E-state index contributed by atoms with van der Waals surface area (Å²) in [5.74, 6) is 2.05. The van der Waals surface area contributed by atoms with Gasteiger partial charge in [-0.15, -0.1) is 0 Å². The normalized spacial score (nSPS) is 11.2.